The summed E-state index contributed by atoms with van der Waals surface area (Å²) in [5, 5.41) is 59.3. The highest BCUT2D eigenvalue weighted by atomic mass is 32.1. The van der Waals surface area contributed by atoms with E-state index in [9.17, 15) is 53.7 Å². The molecule has 0 aromatic carbocycles. The summed E-state index contributed by atoms with van der Waals surface area (Å²) < 4.78 is 0. The number of amides is 6. The first-order valence-corrected chi connectivity index (χ1v) is 16.4. The van der Waals surface area contributed by atoms with Crippen molar-refractivity contribution in [3.8, 4) is 0 Å². The standard InChI is InChI=1S/C27H45N7O13S2/c1-11(36)19(32-23(42)15(9-48)30-22(41)14(5-6-18(38)39)29-21(40)13(28)8-35)25(44)33-20(12(2)37)26(45)34-7-3-4-17(34)24(43)31-16(10-49)27(46)47/h11-17,19-20,35-37,48-49H,3-10,28H2,1-2H3,(H,29,40)(H,30,41)(H,31,43)(H,32,42)(H,33,44)(H,38,39)(H,46,47)/t11-,12-,13+,14+,15+,16+,17+,19+,20+/m1/s1. The average molecular weight is 740 g/mol. The second-order valence-corrected chi connectivity index (χ2v) is 12.0. The van der Waals surface area contributed by atoms with Gasteiger partial charge in [-0.25, -0.2) is 4.79 Å². The van der Waals surface area contributed by atoms with E-state index in [-0.39, 0.29) is 24.5 Å². The Labute approximate surface area is 292 Å². The highest BCUT2D eigenvalue weighted by Crippen LogP contribution is 2.20. The second-order valence-electron chi connectivity index (χ2n) is 11.3. The molecule has 0 saturated carbocycles. The Bertz CT molecular complexity index is 1230. The molecule has 1 rings (SSSR count). The summed E-state index contributed by atoms with van der Waals surface area (Å²) in [7, 11) is 0. The number of hydrogen-bond acceptors (Lipinski definition) is 14. The van der Waals surface area contributed by atoms with Gasteiger partial charge >= 0.3 is 11.9 Å². The van der Waals surface area contributed by atoms with Gasteiger partial charge in [0.05, 0.1) is 18.8 Å². The van der Waals surface area contributed by atoms with Crippen LogP contribution in [-0.4, -0.2) is 157 Å². The first-order valence-electron chi connectivity index (χ1n) is 15.1. The normalized spacial score (nSPS) is 19.1. The Morgan fingerprint density at radius 3 is 1.80 bits per heavy atom. The van der Waals surface area contributed by atoms with Crippen LogP contribution in [-0.2, 0) is 38.4 Å². The lowest BCUT2D eigenvalue weighted by Crippen LogP contribution is -2.63. The number of thiol groups is 2. The smallest absolute Gasteiger partial charge is 0.327 e. The topological polar surface area (TPSA) is 327 Å². The van der Waals surface area contributed by atoms with Crippen molar-refractivity contribution in [2.75, 3.05) is 24.7 Å². The van der Waals surface area contributed by atoms with Gasteiger partial charge < -0.3 is 62.8 Å². The molecule has 20 nitrogen and oxygen atoms in total. The predicted molar refractivity (Wildman–Crippen MR) is 175 cm³/mol. The summed E-state index contributed by atoms with van der Waals surface area (Å²) in [4.78, 5) is 101. The van der Waals surface area contributed by atoms with Crippen LogP contribution in [0.15, 0.2) is 0 Å². The number of hydrogen-bond donors (Lipinski definition) is 13. The number of nitrogens with zero attached hydrogens (tertiary/aromatic N) is 1. The molecule has 0 bridgehead atoms. The van der Waals surface area contributed by atoms with Crippen molar-refractivity contribution >= 4 is 72.6 Å². The number of nitrogens with one attached hydrogen (secondary N) is 5. The third-order valence-electron chi connectivity index (χ3n) is 7.37. The summed E-state index contributed by atoms with van der Waals surface area (Å²) in [5.74, 6) is -9.13. The van der Waals surface area contributed by atoms with E-state index in [2.05, 4.69) is 51.8 Å². The Balaban J connectivity index is 3.09. The predicted octanol–water partition coefficient (Wildman–Crippen LogP) is -5.71. The lowest BCUT2D eigenvalue weighted by Gasteiger charge is -2.32. The molecule has 9 atom stereocenters. The Kier molecular flexibility index (Phi) is 18.3. The molecule has 0 aromatic heterocycles. The van der Waals surface area contributed by atoms with E-state index in [0.717, 1.165) is 11.8 Å². The monoisotopic (exact) mass is 739 g/mol. The van der Waals surface area contributed by atoms with E-state index in [4.69, 9.17) is 15.9 Å². The Morgan fingerprint density at radius 1 is 0.776 bits per heavy atom. The van der Waals surface area contributed by atoms with E-state index < -0.39 is 121 Å². The zero-order valence-corrected chi connectivity index (χ0v) is 28.6. The second kappa shape index (κ2) is 20.7. The molecule has 0 spiro atoms. The lowest BCUT2D eigenvalue weighted by molar-refractivity contribution is -0.146. The molecule has 1 saturated heterocycles. The molecular formula is C27H45N7O13S2. The number of carboxylic acid groups (broad SMARTS) is 2. The minimum absolute atomic E-state index is 0.0361. The third-order valence-corrected chi connectivity index (χ3v) is 8.10. The maximum absolute atomic E-state index is 13.5. The molecule has 49 heavy (non-hydrogen) atoms. The number of likely N-dealkylation sites (tertiary alicyclic amines) is 1. The van der Waals surface area contributed by atoms with Crippen LogP contribution < -0.4 is 32.3 Å². The van der Waals surface area contributed by atoms with E-state index in [1.165, 1.54) is 6.92 Å². The van der Waals surface area contributed by atoms with Gasteiger partial charge in [0, 0.05) is 24.5 Å². The average Bonchev–Trinajstić information content (AvgIpc) is 3.54. The number of aliphatic carboxylic acids is 2. The molecular weight excluding hydrogens is 694 g/mol. The highest BCUT2D eigenvalue weighted by molar-refractivity contribution is 7.80. The van der Waals surface area contributed by atoms with Gasteiger partial charge in [-0.05, 0) is 33.1 Å². The van der Waals surface area contributed by atoms with Crippen molar-refractivity contribution in [3.63, 3.8) is 0 Å². The fourth-order valence-electron chi connectivity index (χ4n) is 4.59. The molecule has 0 aromatic rings. The van der Waals surface area contributed by atoms with Gasteiger partial charge in [0.2, 0.25) is 35.4 Å². The zero-order chi connectivity index (χ0) is 37.6. The van der Waals surface area contributed by atoms with Gasteiger partial charge in [0.25, 0.3) is 0 Å². The van der Waals surface area contributed by atoms with Gasteiger partial charge in [0.1, 0.15) is 42.3 Å². The molecule has 1 heterocycles. The first-order chi connectivity index (χ1) is 22.9. The molecule has 0 radical (unpaired) electrons. The van der Waals surface area contributed by atoms with Crippen LogP contribution in [0.4, 0.5) is 0 Å². The van der Waals surface area contributed by atoms with Crippen molar-refractivity contribution in [1.82, 2.24) is 31.5 Å². The van der Waals surface area contributed by atoms with Crippen molar-refractivity contribution < 1.29 is 63.9 Å². The Morgan fingerprint density at radius 2 is 1.31 bits per heavy atom. The molecule has 1 fully saturated rings. The van der Waals surface area contributed by atoms with E-state index in [0.29, 0.717) is 6.42 Å². The molecule has 0 unspecified atom stereocenters. The van der Waals surface area contributed by atoms with Gasteiger partial charge in [0.15, 0.2) is 0 Å². The van der Waals surface area contributed by atoms with Crippen molar-refractivity contribution in [3.05, 3.63) is 0 Å². The molecule has 6 amide bonds. The summed E-state index contributed by atoms with van der Waals surface area (Å²) in [5.41, 5.74) is 5.44. The van der Waals surface area contributed by atoms with Gasteiger partial charge in [-0.1, -0.05) is 0 Å². The summed E-state index contributed by atoms with van der Waals surface area (Å²) in [6.45, 7) is 1.56. The first kappa shape index (κ1) is 43.3. The van der Waals surface area contributed by atoms with Crippen LogP contribution >= 0.6 is 25.3 Å². The van der Waals surface area contributed by atoms with Gasteiger partial charge in [-0.15, -0.1) is 0 Å². The van der Waals surface area contributed by atoms with Crippen LogP contribution in [0, 0.1) is 0 Å². The number of aliphatic hydroxyl groups is 3. The number of aliphatic hydroxyl groups excluding tert-OH is 3. The van der Waals surface area contributed by atoms with Crippen molar-refractivity contribution in [2.24, 2.45) is 5.73 Å². The summed E-state index contributed by atoms with van der Waals surface area (Å²) in [6, 6.07) is -10.3. The lowest BCUT2D eigenvalue weighted by atomic mass is 10.1. The minimum atomic E-state index is -1.77. The van der Waals surface area contributed by atoms with Gasteiger partial charge in [-0.2, -0.15) is 25.3 Å². The maximum atomic E-state index is 13.5. The largest absolute Gasteiger partial charge is 0.481 e. The van der Waals surface area contributed by atoms with E-state index in [1.807, 2.05) is 0 Å². The van der Waals surface area contributed by atoms with Crippen LogP contribution in [0.1, 0.15) is 39.5 Å². The summed E-state index contributed by atoms with van der Waals surface area (Å²) >= 11 is 7.92. The maximum Gasteiger partial charge on any atom is 0.327 e. The van der Waals surface area contributed by atoms with Crippen LogP contribution in [0.3, 0.4) is 0 Å². The summed E-state index contributed by atoms with van der Waals surface area (Å²) in [6.07, 6.45) is -3.63. The SMILES string of the molecule is C[C@@H](O)[C@H](NC(=O)[C@H](CS)NC(=O)[C@H](CCC(=O)O)NC(=O)[C@@H](N)CO)C(=O)N[C@H](C(=O)N1CCC[C@H]1C(=O)N[C@@H](CS)C(=O)O)[C@@H](C)O. The molecule has 0 aliphatic carbocycles. The fourth-order valence-corrected chi connectivity index (χ4v) is 5.10. The molecule has 278 valence electrons. The zero-order valence-electron chi connectivity index (χ0n) is 26.8. The highest BCUT2D eigenvalue weighted by Gasteiger charge is 2.41. The Hall–Kier alpha value is -3.70. The van der Waals surface area contributed by atoms with Crippen molar-refractivity contribution in [1.29, 1.82) is 0 Å². The number of rotatable bonds is 20. The molecule has 1 aliphatic rings. The third kappa shape index (κ3) is 13.3. The number of carbonyl (C=O) groups excluding carboxylic acids is 6. The van der Waals surface area contributed by atoms with Crippen LogP contribution in [0.5, 0.6) is 0 Å². The van der Waals surface area contributed by atoms with Crippen LogP contribution in [0.25, 0.3) is 0 Å². The fraction of sp³-hybridized carbons (Fsp3) is 0.704. The van der Waals surface area contributed by atoms with E-state index in [1.54, 1.807) is 0 Å². The van der Waals surface area contributed by atoms with Crippen molar-refractivity contribution in [2.45, 2.75) is 94.0 Å². The number of carboxylic acids is 2. The molecule has 22 heteroatoms. The quantitative estimate of drug-likeness (QED) is 0.0518. The van der Waals surface area contributed by atoms with Crippen LogP contribution in [0.2, 0.25) is 0 Å². The number of nitrogens with two attached hydrogens (primary N) is 1. The molecule has 12 N–H and O–H groups in total. The minimum Gasteiger partial charge on any atom is -0.481 e. The van der Waals surface area contributed by atoms with Gasteiger partial charge in [-0.3, -0.25) is 33.6 Å². The number of carbonyl (C=O) groups is 8. The van der Waals surface area contributed by atoms with E-state index >= 15 is 0 Å². The molecule has 1 aliphatic heterocycles.